The molecule has 112 valence electrons. The number of benzene rings is 1. The van der Waals surface area contributed by atoms with E-state index >= 15 is 0 Å². The molecular formula is C17H16N2O3. The molecular weight excluding hydrogens is 280 g/mol. The average Bonchev–Trinajstić information content (AvgIpc) is 2.91. The average molecular weight is 296 g/mol. The summed E-state index contributed by atoms with van der Waals surface area (Å²) in [4.78, 5) is 15.1. The van der Waals surface area contributed by atoms with Gasteiger partial charge in [0, 0.05) is 35.4 Å². The Balaban J connectivity index is 1.94. The van der Waals surface area contributed by atoms with Crippen molar-refractivity contribution in [2.45, 2.75) is 20.1 Å². The zero-order valence-electron chi connectivity index (χ0n) is 12.2. The fourth-order valence-corrected chi connectivity index (χ4v) is 2.47. The fraction of sp³-hybridized carbons (Fsp3) is 0.176. The summed E-state index contributed by atoms with van der Waals surface area (Å²) in [7, 11) is 0. The summed E-state index contributed by atoms with van der Waals surface area (Å²) in [5.41, 5.74) is 2.23. The monoisotopic (exact) mass is 296 g/mol. The van der Waals surface area contributed by atoms with Crippen LogP contribution in [0.1, 0.15) is 22.8 Å². The lowest BCUT2D eigenvalue weighted by atomic mass is 10.1. The largest absolute Gasteiger partial charge is 0.487 e. The van der Waals surface area contributed by atoms with E-state index in [4.69, 9.17) is 9.84 Å². The number of hydrogen-bond donors (Lipinski definition) is 1. The number of carbonyl (C=O) groups is 1. The minimum Gasteiger partial charge on any atom is -0.487 e. The highest BCUT2D eigenvalue weighted by molar-refractivity contribution is 5.94. The van der Waals surface area contributed by atoms with Gasteiger partial charge in [0.05, 0.1) is 11.8 Å². The van der Waals surface area contributed by atoms with Crippen LogP contribution in [-0.2, 0) is 13.2 Å². The molecule has 0 atom stereocenters. The van der Waals surface area contributed by atoms with Gasteiger partial charge in [-0.3, -0.25) is 4.98 Å². The summed E-state index contributed by atoms with van der Waals surface area (Å²) in [6.45, 7) is 3.21. The zero-order valence-corrected chi connectivity index (χ0v) is 12.2. The number of pyridine rings is 1. The maximum atomic E-state index is 11.1. The third kappa shape index (κ3) is 2.65. The standard InChI is InChI=1S/C17H16N2O3/c1-2-19-10-13(11-22-14-4-3-7-18-9-14)15-6-5-12(17(20)21)8-16(15)19/h3-10H,2,11H2,1H3,(H,20,21). The molecule has 0 unspecified atom stereocenters. The Morgan fingerprint density at radius 3 is 2.91 bits per heavy atom. The number of nitrogens with zero attached hydrogens (tertiary/aromatic N) is 2. The molecule has 0 bridgehead atoms. The molecule has 2 heterocycles. The molecule has 5 heteroatoms. The Labute approximate surface area is 127 Å². The van der Waals surface area contributed by atoms with Gasteiger partial charge in [-0.25, -0.2) is 4.79 Å². The molecule has 5 nitrogen and oxygen atoms in total. The molecule has 0 amide bonds. The van der Waals surface area contributed by atoms with Gasteiger partial charge in [0.1, 0.15) is 12.4 Å². The number of aromatic nitrogens is 2. The van der Waals surface area contributed by atoms with Crippen LogP contribution in [0.5, 0.6) is 5.75 Å². The van der Waals surface area contributed by atoms with E-state index in [0.717, 1.165) is 23.0 Å². The van der Waals surface area contributed by atoms with Crippen molar-refractivity contribution in [2.75, 3.05) is 0 Å². The van der Waals surface area contributed by atoms with Crippen LogP contribution < -0.4 is 4.74 Å². The first kappa shape index (κ1) is 14.1. The summed E-state index contributed by atoms with van der Waals surface area (Å²) < 4.78 is 7.77. The third-order valence-corrected chi connectivity index (χ3v) is 3.58. The fourth-order valence-electron chi connectivity index (χ4n) is 2.47. The van der Waals surface area contributed by atoms with Gasteiger partial charge in [0.15, 0.2) is 0 Å². The van der Waals surface area contributed by atoms with Crippen molar-refractivity contribution in [1.82, 2.24) is 9.55 Å². The Hall–Kier alpha value is -2.82. The summed E-state index contributed by atoms with van der Waals surface area (Å²) in [5, 5.41) is 10.1. The van der Waals surface area contributed by atoms with Crippen molar-refractivity contribution in [3.8, 4) is 5.75 Å². The van der Waals surface area contributed by atoms with Gasteiger partial charge in [-0.15, -0.1) is 0 Å². The van der Waals surface area contributed by atoms with Crippen LogP contribution in [0.15, 0.2) is 48.9 Å². The van der Waals surface area contributed by atoms with Gasteiger partial charge in [-0.1, -0.05) is 6.07 Å². The van der Waals surface area contributed by atoms with Crippen LogP contribution in [-0.4, -0.2) is 20.6 Å². The lowest BCUT2D eigenvalue weighted by Gasteiger charge is -2.04. The topological polar surface area (TPSA) is 64.4 Å². The van der Waals surface area contributed by atoms with E-state index in [2.05, 4.69) is 4.98 Å². The van der Waals surface area contributed by atoms with E-state index in [1.165, 1.54) is 0 Å². The molecule has 0 saturated heterocycles. The molecule has 0 aliphatic rings. The van der Waals surface area contributed by atoms with Crippen molar-refractivity contribution in [3.63, 3.8) is 0 Å². The molecule has 1 N–H and O–H groups in total. The maximum Gasteiger partial charge on any atom is 0.335 e. The Morgan fingerprint density at radius 1 is 1.36 bits per heavy atom. The molecule has 0 saturated carbocycles. The highest BCUT2D eigenvalue weighted by Crippen LogP contribution is 2.24. The Morgan fingerprint density at radius 2 is 2.23 bits per heavy atom. The number of fused-ring (bicyclic) bond motifs is 1. The summed E-state index contributed by atoms with van der Waals surface area (Å²) in [5.74, 6) is -0.207. The number of rotatable bonds is 5. The van der Waals surface area contributed by atoms with Crippen molar-refractivity contribution >= 4 is 16.9 Å². The van der Waals surface area contributed by atoms with Gasteiger partial charge >= 0.3 is 5.97 Å². The van der Waals surface area contributed by atoms with Crippen molar-refractivity contribution < 1.29 is 14.6 Å². The first-order valence-corrected chi connectivity index (χ1v) is 7.07. The van der Waals surface area contributed by atoms with Gasteiger partial charge in [-0.2, -0.15) is 0 Å². The zero-order chi connectivity index (χ0) is 15.5. The highest BCUT2D eigenvalue weighted by Gasteiger charge is 2.11. The number of carboxylic acid groups (broad SMARTS) is 1. The predicted molar refractivity (Wildman–Crippen MR) is 83.1 cm³/mol. The van der Waals surface area contributed by atoms with E-state index in [-0.39, 0.29) is 0 Å². The van der Waals surface area contributed by atoms with Crippen LogP contribution in [0.25, 0.3) is 10.9 Å². The predicted octanol–water partition coefficient (Wildman–Crippen LogP) is 3.33. The van der Waals surface area contributed by atoms with E-state index < -0.39 is 5.97 Å². The molecule has 3 rings (SSSR count). The molecule has 2 aromatic heterocycles. The molecule has 0 aliphatic carbocycles. The van der Waals surface area contributed by atoms with Gasteiger partial charge < -0.3 is 14.4 Å². The SMILES string of the molecule is CCn1cc(COc2cccnc2)c2ccc(C(=O)O)cc21. The number of aromatic carboxylic acids is 1. The van der Waals surface area contributed by atoms with Crippen LogP contribution in [0.4, 0.5) is 0 Å². The second-order valence-corrected chi connectivity index (χ2v) is 4.95. The van der Waals surface area contributed by atoms with Crippen molar-refractivity contribution in [2.24, 2.45) is 0 Å². The third-order valence-electron chi connectivity index (χ3n) is 3.58. The highest BCUT2D eigenvalue weighted by atomic mass is 16.5. The van der Waals surface area contributed by atoms with Crippen LogP contribution in [0.2, 0.25) is 0 Å². The minimum atomic E-state index is -0.918. The van der Waals surface area contributed by atoms with Gasteiger partial charge in [0.25, 0.3) is 0 Å². The van der Waals surface area contributed by atoms with Crippen molar-refractivity contribution in [1.29, 1.82) is 0 Å². The van der Waals surface area contributed by atoms with E-state index in [1.807, 2.05) is 35.9 Å². The maximum absolute atomic E-state index is 11.1. The number of aryl methyl sites for hydroxylation is 1. The number of ether oxygens (including phenoxy) is 1. The lowest BCUT2D eigenvalue weighted by molar-refractivity contribution is 0.0697. The lowest BCUT2D eigenvalue weighted by Crippen LogP contribution is -1.97. The number of carboxylic acids is 1. The van der Waals surface area contributed by atoms with E-state index in [1.54, 1.807) is 24.5 Å². The summed E-state index contributed by atoms with van der Waals surface area (Å²) in [6.07, 6.45) is 5.37. The second kappa shape index (κ2) is 5.89. The Kier molecular flexibility index (Phi) is 3.78. The van der Waals surface area contributed by atoms with Crippen LogP contribution >= 0.6 is 0 Å². The molecule has 0 fully saturated rings. The minimum absolute atomic E-state index is 0.292. The van der Waals surface area contributed by atoms with Gasteiger partial charge in [0.2, 0.25) is 0 Å². The van der Waals surface area contributed by atoms with Crippen molar-refractivity contribution in [3.05, 3.63) is 60.0 Å². The first-order valence-electron chi connectivity index (χ1n) is 7.07. The second-order valence-electron chi connectivity index (χ2n) is 4.95. The normalized spacial score (nSPS) is 10.8. The molecule has 3 aromatic rings. The first-order chi connectivity index (χ1) is 10.7. The smallest absolute Gasteiger partial charge is 0.335 e. The summed E-state index contributed by atoms with van der Waals surface area (Å²) in [6, 6.07) is 8.85. The van der Waals surface area contributed by atoms with E-state index in [9.17, 15) is 4.79 Å². The Bertz CT molecular complexity index is 809. The molecule has 0 radical (unpaired) electrons. The quantitative estimate of drug-likeness (QED) is 0.784. The number of hydrogen-bond acceptors (Lipinski definition) is 3. The molecule has 0 spiro atoms. The van der Waals surface area contributed by atoms with E-state index in [0.29, 0.717) is 17.9 Å². The molecule has 1 aromatic carbocycles. The van der Waals surface area contributed by atoms with Crippen LogP contribution in [0.3, 0.4) is 0 Å². The van der Waals surface area contributed by atoms with Crippen LogP contribution in [0, 0.1) is 0 Å². The molecule has 0 aliphatic heterocycles. The molecule has 22 heavy (non-hydrogen) atoms. The van der Waals surface area contributed by atoms with Gasteiger partial charge in [-0.05, 0) is 31.2 Å². The summed E-state index contributed by atoms with van der Waals surface area (Å²) >= 11 is 0.